The topological polar surface area (TPSA) is 25.8 Å². The maximum Gasteiger partial charge on any atom is 0.0893 e. The standard InChI is InChI=1S/C22H16N2/c1-3-8-17(9-4-1)19-14-15-23-22(16-19)21-13-7-12-20(24-21)18-10-5-2-6-11-18/h1-16H. The highest BCUT2D eigenvalue weighted by Crippen LogP contribution is 2.25. The Balaban J connectivity index is 1.75. The summed E-state index contributed by atoms with van der Waals surface area (Å²) in [6.45, 7) is 0. The Kier molecular flexibility index (Phi) is 3.86. The van der Waals surface area contributed by atoms with E-state index < -0.39 is 0 Å². The first-order valence-electron chi connectivity index (χ1n) is 7.94. The normalized spacial score (nSPS) is 10.5. The lowest BCUT2D eigenvalue weighted by molar-refractivity contribution is 1.25. The van der Waals surface area contributed by atoms with Crippen LogP contribution in [0.5, 0.6) is 0 Å². The molecule has 0 aliphatic carbocycles. The van der Waals surface area contributed by atoms with Crippen LogP contribution < -0.4 is 0 Å². The number of nitrogens with zero attached hydrogens (tertiary/aromatic N) is 2. The highest BCUT2D eigenvalue weighted by Gasteiger charge is 2.06. The van der Waals surface area contributed by atoms with Crippen molar-refractivity contribution < 1.29 is 0 Å². The molecule has 2 nitrogen and oxygen atoms in total. The third-order valence-corrected chi connectivity index (χ3v) is 3.95. The van der Waals surface area contributed by atoms with E-state index in [2.05, 4.69) is 35.3 Å². The van der Waals surface area contributed by atoms with Crippen molar-refractivity contribution in [2.75, 3.05) is 0 Å². The van der Waals surface area contributed by atoms with E-state index in [4.69, 9.17) is 4.98 Å². The molecule has 0 atom stereocenters. The van der Waals surface area contributed by atoms with Crippen LogP contribution in [0.15, 0.2) is 97.2 Å². The van der Waals surface area contributed by atoms with E-state index in [1.807, 2.05) is 66.9 Å². The maximum absolute atomic E-state index is 4.79. The summed E-state index contributed by atoms with van der Waals surface area (Å²) in [4.78, 5) is 9.29. The lowest BCUT2D eigenvalue weighted by Crippen LogP contribution is -1.90. The zero-order valence-electron chi connectivity index (χ0n) is 13.1. The van der Waals surface area contributed by atoms with Crippen LogP contribution in [0.1, 0.15) is 0 Å². The summed E-state index contributed by atoms with van der Waals surface area (Å²) < 4.78 is 0. The molecule has 0 bridgehead atoms. The minimum absolute atomic E-state index is 0.883. The summed E-state index contributed by atoms with van der Waals surface area (Å²) in [5.41, 5.74) is 6.16. The molecule has 4 rings (SSSR count). The molecule has 0 fully saturated rings. The lowest BCUT2D eigenvalue weighted by Gasteiger charge is -2.07. The van der Waals surface area contributed by atoms with Gasteiger partial charge < -0.3 is 0 Å². The predicted octanol–water partition coefficient (Wildman–Crippen LogP) is 5.48. The molecule has 24 heavy (non-hydrogen) atoms. The lowest BCUT2D eigenvalue weighted by atomic mass is 10.1. The van der Waals surface area contributed by atoms with Crippen molar-refractivity contribution in [1.29, 1.82) is 0 Å². The average Bonchev–Trinajstić information content (AvgIpc) is 2.70. The Hall–Kier alpha value is -3.26. The predicted molar refractivity (Wildman–Crippen MR) is 98.3 cm³/mol. The molecule has 114 valence electrons. The monoisotopic (exact) mass is 308 g/mol. The second kappa shape index (κ2) is 6.47. The van der Waals surface area contributed by atoms with E-state index in [0.717, 1.165) is 28.2 Å². The Morgan fingerprint density at radius 1 is 0.458 bits per heavy atom. The molecule has 0 unspecified atom stereocenters. The van der Waals surface area contributed by atoms with Crippen LogP contribution in [0.25, 0.3) is 33.8 Å². The number of pyridine rings is 2. The van der Waals surface area contributed by atoms with Gasteiger partial charge in [0.2, 0.25) is 0 Å². The van der Waals surface area contributed by atoms with Crippen LogP contribution in [0.2, 0.25) is 0 Å². The van der Waals surface area contributed by atoms with Gasteiger partial charge in [0.25, 0.3) is 0 Å². The van der Waals surface area contributed by atoms with Crippen LogP contribution in [0.4, 0.5) is 0 Å². The van der Waals surface area contributed by atoms with Gasteiger partial charge in [0.15, 0.2) is 0 Å². The van der Waals surface area contributed by atoms with E-state index >= 15 is 0 Å². The van der Waals surface area contributed by atoms with E-state index in [0.29, 0.717) is 0 Å². The molecular weight excluding hydrogens is 292 g/mol. The molecule has 0 N–H and O–H groups in total. The molecule has 2 aromatic carbocycles. The van der Waals surface area contributed by atoms with Crippen molar-refractivity contribution in [3.63, 3.8) is 0 Å². The fourth-order valence-corrected chi connectivity index (χ4v) is 2.73. The van der Waals surface area contributed by atoms with Crippen molar-refractivity contribution in [2.24, 2.45) is 0 Å². The molecule has 0 amide bonds. The smallest absolute Gasteiger partial charge is 0.0893 e. The van der Waals surface area contributed by atoms with Crippen molar-refractivity contribution in [2.45, 2.75) is 0 Å². The van der Waals surface area contributed by atoms with Crippen LogP contribution in [0.3, 0.4) is 0 Å². The van der Waals surface area contributed by atoms with Crippen LogP contribution in [-0.2, 0) is 0 Å². The number of hydrogen-bond acceptors (Lipinski definition) is 2. The van der Waals surface area contributed by atoms with Gasteiger partial charge in [-0.05, 0) is 35.4 Å². The molecule has 0 radical (unpaired) electrons. The third kappa shape index (κ3) is 2.95. The minimum Gasteiger partial charge on any atom is -0.255 e. The van der Waals surface area contributed by atoms with E-state index in [1.54, 1.807) is 0 Å². The van der Waals surface area contributed by atoms with Gasteiger partial charge in [0.1, 0.15) is 0 Å². The fourth-order valence-electron chi connectivity index (χ4n) is 2.73. The zero-order valence-corrected chi connectivity index (χ0v) is 13.1. The van der Waals surface area contributed by atoms with E-state index in [1.165, 1.54) is 5.56 Å². The van der Waals surface area contributed by atoms with Crippen molar-refractivity contribution in [3.05, 3.63) is 97.2 Å². The van der Waals surface area contributed by atoms with Gasteiger partial charge >= 0.3 is 0 Å². The van der Waals surface area contributed by atoms with Gasteiger partial charge in [-0.1, -0.05) is 66.7 Å². The van der Waals surface area contributed by atoms with Gasteiger partial charge in [-0.2, -0.15) is 0 Å². The molecule has 2 heteroatoms. The second-order valence-electron chi connectivity index (χ2n) is 5.57. The minimum atomic E-state index is 0.883. The van der Waals surface area contributed by atoms with Gasteiger partial charge in [-0.15, -0.1) is 0 Å². The maximum atomic E-state index is 4.79. The van der Waals surface area contributed by atoms with Crippen molar-refractivity contribution >= 4 is 0 Å². The van der Waals surface area contributed by atoms with E-state index in [-0.39, 0.29) is 0 Å². The van der Waals surface area contributed by atoms with Gasteiger partial charge in [-0.3, -0.25) is 4.98 Å². The Morgan fingerprint density at radius 2 is 1.12 bits per heavy atom. The summed E-state index contributed by atoms with van der Waals surface area (Å²) in [5, 5.41) is 0. The number of aromatic nitrogens is 2. The zero-order chi connectivity index (χ0) is 16.2. The highest BCUT2D eigenvalue weighted by atomic mass is 14.8. The van der Waals surface area contributed by atoms with Gasteiger partial charge in [0.05, 0.1) is 17.1 Å². The molecule has 0 saturated heterocycles. The summed E-state index contributed by atoms with van der Waals surface area (Å²) in [5.74, 6) is 0. The Bertz CT molecular complexity index is 867. The second-order valence-corrected chi connectivity index (χ2v) is 5.57. The Labute approximate surface area is 141 Å². The highest BCUT2D eigenvalue weighted by molar-refractivity contribution is 5.70. The quantitative estimate of drug-likeness (QED) is 0.501. The first-order valence-corrected chi connectivity index (χ1v) is 7.94. The largest absolute Gasteiger partial charge is 0.255 e. The van der Waals surface area contributed by atoms with Crippen LogP contribution in [0, 0.1) is 0 Å². The fraction of sp³-hybridized carbons (Fsp3) is 0. The van der Waals surface area contributed by atoms with Crippen molar-refractivity contribution in [3.8, 4) is 33.8 Å². The molecule has 0 aliphatic rings. The molecule has 0 saturated carbocycles. The SMILES string of the molecule is c1ccc(-c2ccnc(-c3cccc(-c4ccccc4)n3)c2)cc1. The summed E-state index contributed by atoms with van der Waals surface area (Å²) in [6, 6.07) is 30.7. The van der Waals surface area contributed by atoms with Crippen molar-refractivity contribution in [1.82, 2.24) is 9.97 Å². The molecule has 2 aromatic heterocycles. The molecule has 4 aromatic rings. The van der Waals surface area contributed by atoms with Gasteiger partial charge in [0, 0.05) is 11.8 Å². The number of benzene rings is 2. The van der Waals surface area contributed by atoms with Crippen LogP contribution in [-0.4, -0.2) is 9.97 Å². The number of rotatable bonds is 3. The summed E-state index contributed by atoms with van der Waals surface area (Å²) in [6.07, 6.45) is 1.84. The molecular formula is C22H16N2. The first kappa shape index (κ1) is 14.3. The summed E-state index contributed by atoms with van der Waals surface area (Å²) >= 11 is 0. The first-order chi connectivity index (χ1) is 11.9. The summed E-state index contributed by atoms with van der Waals surface area (Å²) in [7, 11) is 0. The Morgan fingerprint density at radius 3 is 1.88 bits per heavy atom. The van der Waals surface area contributed by atoms with Gasteiger partial charge in [-0.25, -0.2) is 4.98 Å². The number of hydrogen-bond donors (Lipinski definition) is 0. The average molecular weight is 308 g/mol. The molecule has 2 heterocycles. The van der Waals surface area contributed by atoms with E-state index in [9.17, 15) is 0 Å². The third-order valence-electron chi connectivity index (χ3n) is 3.95. The molecule has 0 aliphatic heterocycles. The molecule has 0 spiro atoms. The van der Waals surface area contributed by atoms with Crippen LogP contribution >= 0.6 is 0 Å².